The lowest BCUT2D eigenvalue weighted by Gasteiger charge is -2.00. The van der Waals surface area contributed by atoms with Gasteiger partial charge in [-0.2, -0.15) is 0 Å². The van der Waals surface area contributed by atoms with Crippen LogP contribution in [0.1, 0.15) is 0 Å². The topological polar surface area (TPSA) is 35.5 Å². The van der Waals surface area contributed by atoms with E-state index in [0.29, 0.717) is 11.3 Å². The normalized spacial score (nSPS) is 10.3. The highest BCUT2D eigenvalue weighted by atomic mass is 16.5. The summed E-state index contributed by atoms with van der Waals surface area (Å²) >= 11 is 0. The molecule has 0 amide bonds. The number of hydrogen-bond donors (Lipinski definition) is 0. The van der Waals surface area contributed by atoms with Gasteiger partial charge in [-0.25, -0.2) is 4.79 Å². The summed E-state index contributed by atoms with van der Waals surface area (Å²) in [5, 5.41) is 0. The largest absolute Gasteiger partial charge is 0.497 e. The standard InChI is InChI=1S/C9H12O3/c1-5-8(9(10)12-4)6-7(2)11-3/h5-6H,1-2H2,3-4H3/b8-6+. The van der Waals surface area contributed by atoms with Crippen LogP contribution in [0.3, 0.4) is 0 Å². The van der Waals surface area contributed by atoms with Crippen LogP contribution < -0.4 is 0 Å². The molecule has 0 fully saturated rings. The Labute approximate surface area is 72.0 Å². The van der Waals surface area contributed by atoms with E-state index in [0.717, 1.165) is 0 Å². The second kappa shape index (κ2) is 5.18. The van der Waals surface area contributed by atoms with E-state index in [1.165, 1.54) is 26.4 Å². The predicted octanol–water partition coefficient (Wildman–Crippen LogP) is 1.43. The van der Waals surface area contributed by atoms with Gasteiger partial charge in [-0.15, -0.1) is 0 Å². The van der Waals surface area contributed by atoms with E-state index in [9.17, 15) is 4.79 Å². The average Bonchev–Trinajstić information content (AvgIpc) is 2.12. The van der Waals surface area contributed by atoms with Gasteiger partial charge in [-0.3, -0.25) is 0 Å². The van der Waals surface area contributed by atoms with Gasteiger partial charge in [0, 0.05) is 0 Å². The zero-order chi connectivity index (χ0) is 9.56. The van der Waals surface area contributed by atoms with Crippen LogP contribution in [-0.4, -0.2) is 20.2 Å². The second-order valence-electron chi connectivity index (χ2n) is 1.97. The van der Waals surface area contributed by atoms with Crippen LogP contribution in [0, 0.1) is 0 Å². The van der Waals surface area contributed by atoms with Crippen LogP contribution in [0.2, 0.25) is 0 Å². The summed E-state index contributed by atoms with van der Waals surface area (Å²) in [6.45, 7) is 6.98. The summed E-state index contributed by atoms with van der Waals surface area (Å²) in [5.74, 6) is -0.0708. The molecule has 0 aromatic heterocycles. The second-order valence-corrected chi connectivity index (χ2v) is 1.97. The van der Waals surface area contributed by atoms with Crippen molar-refractivity contribution >= 4 is 5.97 Å². The number of methoxy groups -OCH3 is 2. The molecule has 0 saturated carbocycles. The van der Waals surface area contributed by atoms with Crippen LogP contribution in [0.5, 0.6) is 0 Å². The molecule has 0 spiro atoms. The molecule has 0 bridgehead atoms. The van der Waals surface area contributed by atoms with Crippen molar-refractivity contribution in [3.8, 4) is 0 Å². The summed E-state index contributed by atoms with van der Waals surface area (Å²) in [6.07, 6.45) is 2.84. The third kappa shape index (κ3) is 3.05. The number of esters is 1. The van der Waals surface area contributed by atoms with Crippen LogP contribution in [0.25, 0.3) is 0 Å². The van der Waals surface area contributed by atoms with Crippen molar-refractivity contribution in [3.05, 3.63) is 36.6 Å². The number of rotatable bonds is 4. The Morgan fingerprint density at radius 3 is 2.25 bits per heavy atom. The zero-order valence-corrected chi connectivity index (χ0v) is 7.29. The van der Waals surface area contributed by atoms with Gasteiger partial charge in [-0.1, -0.05) is 19.2 Å². The van der Waals surface area contributed by atoms with Crippen molar-refractivity contribution in [1.82, 2.24) is 0 Å². The summed E-state index contributed by atoms with van der Waals surface area (Å²) in [5.41, 5.74) is 0.323. The maximum atomic E-state index is 10.9. The smallest absolute Gasteiger partial charge is 0.337 e. The highest BCUT2D eigenvalue weighted by molar-refractivity contribution is 5.91. The van der Waals surface area contributed by atoms with Crippen LogP contribution in [0.4, 0.5) is 0 Å². The summed E-state index contributed by atoms with van der Waals surface area (Å²) in [6, 6.07) is 0. The van der Waals surface area contributed by atoms with E-state index in [1.807, 2.05) is 0 Å². The molecule has 3 heteroatoms. The first-order chi connectivity index (χ1) is 5.65. The Morgan fingerprint density at radius 2 is 1.92 bits per heavy atom. The van der Waals surface area contributed by atoms with E-state index in [2.05, 4.69) is 17.9 Å². The van der Waals surface area contributed by atoms with E-state index < -0.39 is 5.97 Å². The van der Waals surface area contributed by atoms with Gasteiger partial charge < -0.3 is 9.47 Å². The molecule has 0 aliphatic rings. The lowest BCUT2D eigenvalue weighted by atomic mass is 10.2. The van der Waals surface area contributed by atoms with Crippen LogP contribution in [-0.2, 0) is 14.3 Å². The van der Waals surface area contributed by atoms with E-state index in [-0.39, 0.29) is 0 Å². The Balaban J connectivity index is 4.54. The molecular formula is C9H12O3. The van der Waals surface area contributed by atoms with Crippen LogP contribution >= 0.6 is 0 Å². The van der Waals surface area contributed by atoms with Gasteiger partial charge in [0.25, 0.3) is 0 Å². The number of allylic oxidation sites excluding steroid dienone is 1. The van der Waals surface area contributed by atoms with E-state index >= 15 is 0 Å². The molecule has 0 aliphatic carbocycles. The molecule has 0 radical (unpaired) electrons. The number of hydrogen-bond acceptors (Lipinski definition) is 3. The quantitative estimate of drug-likeness (QED) is 0.276. The molecule has 0 heterocycles. The molecule has 0 aromatic carbocycles. The molecule has 0 unspecified atom stereocenters. The van der Waals surface area contributed by atoms with Crippen molar-refractivity contribution < 1.29 is 14.3 Å². The van der Waals surface area contributed by atoms with Crippen molar-refractivity contribution in [2.75, 3.05) is 14.2 Å². The van der Waals surface area contributed by atoms with Gasteiger partial charge in [-0.05, 0) is 6.08 Å². The fourth-order valence-corrected chi connectivity index (χ4v) is 0.551. The maximum Gasteiger partial charge on any atom is 0.337 e. The zero-order valence-electron chi connectivity index (χ0n) is 7.29. The van der Waals surface area contributed by atoms with E-state index in [1.54, 1.807) is 0 Å². The molecule has 3 nitrogen and oxygen atoms in total. The highest BCUT2D eigenvalue weighted by Gasteiger charge is 2.04. The lowest BCUT2D eigenvalue weighted by Crippen LogP contribution is -2.02. The van der Waals surface area contributed by atoms with Gasteiger partial charge in [0.05, 0.1) is 19.8 Å². The molecule has 12 heavy (non-hydrogen) atoms. The number of carbonyl (C=O) groups excluding carboxylic acids is 1. The minimum Gasteiger partial charge on any atom is -0.497 e. The monoisotopic (exact) mass is 168 g/mol. The molecule has 0 aliphatic heterocycles. The molecule has 0 aromatic rings. The first kappa shape index (κ1) is 10.5. The van der Waals surface area contributed by atoms with Gasteiger partial charge in [0.2, 0.25) is 0 Å². The summed E-state index contributed by atoms with van der Waals surface area (Å²) in [4.78, 5) is 10.9. The molecule has 0 atom stereocenters. The average molecular weight is 168 g/mol. The lowest BCUT2D eigenvalue weighted by molar-refractivity contribution is -0.135. The molecule has 66 valence electrons. The third-order valence-electron chi connectivity index (χ3n) is 1.22. The molecule has 0 rings (SSSR count). The summed E-state index contributed by atoms with van der Waals surface area (Å²) in [7, 11) is 2.77. The molecule has 0 saturated heterocycles. The Kier molecular flexibility index (Phi) is 4.53. The van der Waals surface area contributed by atoms with E-state index in [4.69, 9.17) is 4.74 Å². The van der Waals surface area contributed by atoms with Crippen molar-refractivity contribution in [2.24, 2.45) is 0 Å². The minimum atomic E-state index is -0.455. The fraction of sp³-hybridized carbons (Fsp3) is 0.222. The van der Waals surface area contributed by atoms with Gasteiger partial charge in [0.15, 0.2) is 0 Å². The third-order valence-corrected chi connectivity index (χ3v) is 1.22. The van der Waals surface area contributed by atoms with Crippen molar-refractivity contribution in [1.29, 1.82) is 0 Å². The maximum absolute atomic E-state index is 10.9. The Hall–Kier alpha value is -1.51. The van der Waals surface area contributed by atoms with Gasteiger partial charge >= 0.3 is 5.97 Å². The van der Waals surface area contributed by atoms with Crippen molar-refractivity contribution in [3.63, 3.8) is 0 Å². The number of ether oxygens (including phenoxy) is 2. The predicted molar refractivity (Wildman–Crippen MR) is 46.4 cm³/mol. The first-order valence-corrected chi connectivity index (χ1v) is 3.31. The Bertz CT molecular complexity index is 226. The first-order valence-electron chi connectivity index (χ1n) is 3.31. The van der Waals surface area contributed by atoms with Crippen molar-refractivity contribution in [2.45, 2.75) is 0 Å². The van der Waals surface area contributed by atoms with Gasteiger partial charge in [0.1, 0.15) is 5.76 Å². The fourth-order valence-electron chi connectivity index (χ4n) is 0.551. The minimum absolute atomic E-state index is 0.323. The van der Waals surface area contributed by atoms with Crippen LogP contribution in [0.15, 0.2) is 36.6 Å². The highest BCUT2D eigenvalue weighted by Crippen LogP contribution is 2.04. The molecule has 0 N–H and O–H groups in total. The number of carbonyl (C=O) groups is 1. The Morgan fingerprint density at radius 1 is 1.33 bits per heavy atom. The summed E-state index contributed by atoms with van der Waals surface area (Å²) < 4.78 is 9.22. The molecular weight excluding hydrogens is 156 g/mol. The SMILES string of the molecule is C=C/C(=C\C(=C)OC)C(=O)OC.